The third-order valence-corrected chi connectivity index (χ3v) is 4.57. The van der Waals surface area contributed by atoms with Crippen LogP contribution >= 0.6 is 0 Å². The summed E-state index contributed by atoms with van der Waals surface area (Å²) < 4.78 is 1.50. The standard InChI is InChI=1S/C21H31NO3/c1-20(2,3)15-12-14(13-16(19(15)25)21(4,5)6)8-7-11-22-17(23)9-10-18(22)24/h9-10,12-13,23-25H,7-8,11H2,1-6H3. The van der Waals surface area contributed by atoms with Crippen LogP contribution in [0.4, 0.5) is 0 Å². The lowest BCUT2D eigenvalue weighted by atomic mass is 9.78. The normalized spacial score (nSPS) is 12.6. The third-order valence-electron chi connectivity index (χ3n) is 4.57. The topological polar surface area (TPSA) is 65.6 Å². The minimum atomic E-state index is -0.142. The third kappa shape index (κ3) is 4.30. The summed E-state index contributed by atoms with van der Waals surface area (Å²) in [4.78, 5) is 0. The molecule has 2 rings (SSSR count). The maximum absolute atomic E-state index is 10.8. The molecule has 0 atom stereocenters. The van der Waals surface area contributed by atoms with Crippen LogP contribution in [0.2, 0.25) is 0 Å². The van der Waals surface area contributed by atoms with Crippen molar-refractivity contribution in [2.24, 2.45) is 0 Å². The number of benzene rings is 1. The van der Waals surface area contributed by atoms with Gasteiger partial charge < -0.3 is 15.3 Å². The number of phenols is 1. The number of aromatic nitrogens is 1. The Morgan fingerprint density at radius 1 is 0.800 bits per heavy atom. The van der Waals surface area contributed by atoms with E-state index >= 15 is 0 Å². The zero-order chi connectivity index (χ0) is 19.0. The van der Waals surface area contributed by atoms with E-state index < -0.39 is 0 Å². The Balaban J connectivity index is 2.28. The first kappa shape index (κ1) is 19.2. The quantitative estimate of drug-likeness (QED) is 0.743. The van der Waals surface area contributed by atoms with Gasteiger partial charge in [0.2, 0.25) is 0 Å². The van der Waals surface area contributed by atoms with Crippen molar-refractivity contribution in [2.75, 3.05) is 0 Å². The van der Waals surface area contributed by atoms with Crippen LogP contribution < -0.4 is 0 Å². The van der Waals surface area contributed by atoms with Crippen molar-refractivity contribution in [2.45, 2.75) is 71.8 Å². The second kappa shape index (κ2) is 6.66. The number of nitrogens with zero attached hydrogens (tertiary/aromatic N) is 1. The largest absolute Gasteiger partial charge is 0.507 e. The molecule has 138 valence electrons. The van der Waals surface area contributed by atoms with Crippen molar-refractivity contribution >= 4 is 0 Å². The Labute approximate surface area is 150 Å². The van der Waals surface area contributed by atoms with Crippen molar-refractivity contribution in [3.8, 4) is 17.5 Å². The molecular weight excluding hydrogens is 314 g/mol. The summed E-state index contributed by atoms with van der Waals surface area (Å²) in [5.74, 6) is 0.549. The Morgan fingerprint density at radius 3 is 1.64 bits per heavy atom. The van der Waals surface area contributed by atoms with Gasteiger partial charge in [0.15, 0.2) is 11.8 Å². The fourth-order valence-corrected chi connectivity index (χ4v) is 3.10. The van der Waals surface area contributed by atoms with Crippen molar-refractivity contribution < 1.29 is 15.3 Å². The maximum atomic E-state index is 10.8. The second-order valence-corrected chi connectivity index (χ2v) is 8.84. The lowest BCUT2D eigenvalue weighted by molar-refractivity contribution is 0.364. The van der Waals surface area contributed by atoms with E-state index in [2.05, 4.69) is 53.7 Å². The van der Waals surface area contributed by atoms with Crippen LogP contribution in [0.25, 0.3) is 0 Å². The molecule has 0 radical (unpaired) electrons. The number of hydrogen-bond donors (Lipinski definition) is 3. The van der Waals surface area contributed by atoms with E-state index in [1.54, 1.807) is 0 Å². The molecule has 25 heavy (non-hydrogen) atoms. The number of aromatic hydroxyl groups is 3. The predicted molar refractivity (Wildman–Crippen MR) is 102 cm³/mol. The molecule has 0 aliphatic heterocycles. The summed E-state index contributed by atoms with van der Waals surface area (Å²) in [6, 6.07) is 7.15. The van der Waals surface area contributed by atoms with Gasteiger partial charge in [0.1, 0.15) is 5.75 Å². The molecule has 0 aliphatic carbocycles. The highest BCUT2D eigenvalue weighted by Crippen LogP contribution is 2.40. The Hall–Kier alpha value is -2.10. The van der Waals surface area contributed by atoms with Crippen LogP contribution in [0.15, 0.2) is 24.3 Å². The van der Waals surface area contributed by atoms with Crippen LogP contribution in [0.3, 0.4) is 0 Å². The zero-order valence-electron chi connectivity index (χ0n) is 16.2. The van der Waals surface area contributed by atoms with Gasteiger partial charge in [0, 0.05) is 18.7 Å². The molecule has 1 heterocycles. The van der Waals surface area contributed by atoms with Crippen LogP contribution in [-0.4, -0.2) is 19.9 Å². The first-order valence-electron chi connectivity index (χ1n) is 8.85. The molecule has 1 aromatic heterocycles. The monoisotopic (exact) mass is 345 g/mol. The van der Waals surface area contributed by atoms with E-state index in [-0.39, 0.29) is 22.6 Å². The molecule has 0 saturated carbocycles. The van der Waals surface area contributed by atoms with Gasteiger partial charge in [-0.25, -0.2) is 0 Å². The van der Waals surface area contributed by atoms with Gasteiger partial charge in [0.25, 0.3) is 0 Å². The van der Waals surface area contributed by atoms with E-state index in [4.69, 9.17) is 0 Å². The van der Waals surface area contributed by atoms with E-state index in [9.17, 15) is 15.3 Å². The van der Waals surface area contributed by atoms with Gasteiger partial charge in [-0.1, -0.05) is 53.7 Å². The summed E-state index contributed by atoms with van der Waals surface area (Å²) in [5, 5.41) is 30.2. The number of rotatable bonds is 4. The molecule has 0 amide bonds. The van der Waals surface area contributed by atoms with Crippen molar-refractivity contribution in [1.82, 2.24) is 4.57 Å². The van der Waals surface area contributed by atoms with Crippen molar-refractivity contribution in [3.05, 3.63) is 41.0 Å². The van der Waals surface area contributed by atoms with E-state index in [0.717, 1.165) is 24.0 Å². The molecule has 0 spiro atoms. The highest BCUT2D eigenvalue weighted by atomic mass is 16.3. The average Bonchev–Trinajstić information content (AvgIpc) is 2.78. The van der Waals surface area contributed by atoms with E-state index in [0.29, 0.717) is 12.3 Å². The Bertz CT molecular complexity index is 691. The van der Waals surface area contributed by atoms with Gasteiger partial charge in [-0.05, 0) is 40.4 Å². The highest BCUT2D eigenvalue weighted by Gasteiger charge is 2.26. The van der Waals surface area contributed by atoms with Crippen LogP contribution in [0, 0.1) is 0 Å². The fourth-order valence-electron chi connectivity index (χ4n) is 3.10. The molecule has 0 aliphatic rings. The number of aryl methyl sites for hydroxylation is 1. The molecule has 2 aromatic rings. The minimum absolute atomic E-state index is 0.0777. The van der Waals surface area contributed by atoms with Gasteiger partial charge in [-0.2, -0.15) is 0 Å². The van der Waals surface area contributed by atoms with Gasteiger partial charge >= 0.3 is 0 Å². The van der Waals surface area contributed by atoms with Crippen molar-refractivity contribution in [3.63, 3.8) is 0 Å². The highest BCUT2D eigenvalue weighted by molar-refractivity contribution is 5.49. The van der Waals surface area contributed by atoms with Crippen LogP contribution in [-0.2, 0) is 23.8 Å². The summed E-state index contributed by atoms with van der Waals surface area (Å²) in [6.07, 6.45) is 1.59. The zero-order valence-corrected chi connectivity index (χ0v) is 16.2. The molecule has 1 aromatic carbocycles. The maximum Gasteiger partial charge on any atom is 0.193 e. The van der Waals surface area contributed by atoms with E-state index in [1.807, 2.05) is 0 Å². The van der Waals surface area contributed by atoms with Crippen molar-refractivity contribution in [1.29, 1.82) is 0 Å². The van der Waals surface area contributed by atoms with Gasteiger partial charge in [0.05, 0.1) is 0 Å². The SMILES string of the molecule is CC(C)(C)c1cc(CCCn2c(O)ccc2O)cc(C(C)(C)C)c1O. The molecule has 0 unspecified atom stereocenters. The molecule has 3 N–H and O–H groups in total. The lowest BCUT2D eigenvalue weighted by Crippen LogP contribution is -2.18. The molecule has 0 bridgehead atoms. The average molecular weight is 345 g/mol. The Kier molecular flexibility index (Phi) is 5.12. The number of hydrogen-bond acceptors (Lipinski definition) is 3. The molecule has 4 heteroatoms. The van der Waals surface area contributed by atoms with Gasteiger partial charge in [-0.3, -0.25) is 4.57 Å². The summed E-state index contributed by atoms with van der Waals surface area (Å²) in [6.45, 7) is 13.2. The predicted octanol–water partition coefficient (Wildman–Crippen LogP) is 4.83. The second-order valence-electron chi connectivity index (χ2n) is 8.84. The Morgan fingerprint density at radius 2 is 1.24 bits per heavy atom. The first-order chi connectivity index (χ1) is 11.4. The molecule has 4 nitrogen and oxygen atoms in total. The lowest BCUT2D eigenvalue weighted by Gasteiger charge is -2.28. The van der Waals surface area contributed by atoms with E-state index in [1.165, 1.54) is 22.3 Å². The summed E-state index contributed by atoms with van der Waals surface area (Å²) in [5.41, 5.74) is 2.80. The first-order valence-corrected chi connectivity index (χ1v) is 8.85. The molecule has 0 saturated heterocycles. The van der Waals surface area contributed by atoms with Crippen LogP contribution in [0.5, 0.6) is 17.5 Å². The smallest absolute Gasteiger partial charge is 0.193 e. The molecule has 0 fully saturated rings. The minimum Gasteiger partial charge on any atom is -0.507 e. The number of phenolic OH excluding ortho intramolecular Hbond substituents is 1. The molecular formula is C21H31NO3. The fraction of sp³-hybridized carbons (Fsp3) is 0.524. The van der Waals surface area contributed by atoms with Crippen LogP contribution in [0.1, 0.15) is 64.7 Å². The summed E-state index contributed by atoms with van der Waals surface area (Å²) >= 11 is 0. The summed E-state index contributed by atoms with van der Waals surface area (Å²) in [7, 11) is 0. The van der Waals surface area contributed by atoms with Gasteiger partial charge in [-0.15, -0.1) is 0 Å².